The second-order valence-corrected chi connectivity index (χ2v) is 3.37. The minimum absolute atomic E-state index is 0.0877. The number of ether oxygens (including phenoxy) is 1. The van der Waals surface area contributed by atoms with E-state index in [-0.39, 0.29) is 17.3 Å². The van der Waals surface area contributed by atoms with E-state index < -0.39 is 0 Å². The van der Waals surface area contributed by atoms with Gasteiger partial charge in [-0.2, -0.15) is 0 Å². The fourth-order valence-corrected chi connectivity index (χ4v) is 1.54. The lowest BCUT2D eigenvalue weighted by atomic mass is 9.95. The van der Waals surface area contributed by atoms with Gasteiger partial charge in [-0.3, -0.25) is 9.59 Å². The molecule has 0 amide bonds. The van der Waals surface area contributed by atoms with Crippen LogP contribution in [0.4, 0.5) is 0 Å². The maximum atomic E-state index is 11.7. The first-order valence-electron chi connectivity index (χ1n) is 4.84. The monoisotopic (exact) mass is 214 g/mol. The van der Waals surface area contributed by atoms with Crippen LogP contribution in [0, 0.1) is 0 Å². The lowest BCUT2D eigenvalue weighted by Gasteiger charge is -2.10. The first-order chi connectivity index (χ1) is 7.72. The minimum Gasteiger partial charge on any atom is -0.493 e. The lowest BCUT2D eigenvalue weighted by molar-refractivity contribution is -0.116. The van der Waals surface area contributed by atoms with Gasteiger partial charge in [0.15, 0.2) is 11.5 Å². The van der Waals surface area contributed by atoms with Crippen LogP contribution >= 0.6 is 0 Å². The van der Waals surface area contributed by atoms with Crippen molar-refractivity contribution in [3.05, 3.63) is 53.8 Å². The van der Waals surface area contributed by atoms with Crippen LogP contribution in [0.25, 0.3) is 5.57 Å². The Bertz CT molecular complexity index is 495. The van der Waals surface area contributed by atoms with Gasteiger partial charge in [0.25, 0.3) is 0 Å². The van der Waals surface area contributed by atoms with Gasteiger partial charge in [0.05, 0.1) is 7.11 Å². The van der Waals surface area contributed by atoms with Crippen molar-refractivity contribution in [1.82, 2.24) is 0 Å². The summed E-state index contributed by atoms with van der Waals surface area (Å²) in [5.41, 5.74) is 1.15. The molecule has 0 saturated heterocycles. The predicted octanol–water partition coefficient (Wildman–Crippen LogP) is 1.75. The fourth-order valence-electron chi connectivity index (χ4n) is 1.54. The number of carbonyl (C=O) groups excluding carboxylic acids is 2. The van der Waals surface area contributed by atoms with Crippen molar-refractivity contribution in [3.8, 4) is 0 Å². The van der Waals surface area contributed by atoms with Gasteiger partial charge in [0, 0.05) is 17.7 Å². The summed E-state index contributed by atoms with van der Waals surface area (Å²) < 4.78 is 4.80. The van der Waals surface area contributed by atoms with Gasteiger partial charge in [-0.05, 0) is 5.56 Å². The Labute approximate surface area is 93.0 Å². The molecule has 0 spiro atoms. The van der Waals surface area contributed by atoms with Crippen LogP contribution in [0.1, 0.15) is 5.56 Å². The molecular weight excluding hydrogens is 204 g/mol. The molecule has 80 valence electrons. The molecule has 1 aliphatic carbocycles. The number of carbonyl (C=O) groups is 2. The average Bonchev–Trinajstić information content (AvgIpc) is 2.32. The summed E-state index contributed by atoms with van der Waals surface area (Å²) in [6, 6.07) is 9.09. The fraction of sp³-hybridized carbons (Fsp3) is 0.0769. The zero-order chi connectivity index (χ0) is 11.5. The standard InChI is InChI=1S/C13H10O3/c1-16-13-8-11(14)10(7-12(13)15)9-5-3-2-4-6-9/h2-8H,1H3. The maximum absolute atomic E-state index is 11.7. The van der Waals surface area contributed by atoms with Gasteiger partial charge in [-0.25, -0.2) is 0 Å². The molecule has 0 aliphatic heterocycles. The third-order valence-corrected chi connectivity index (χ3v) is 2.35. The highest BCUT2D eigenvalue weighted by atomic mass is 16.5. The molecule has 2 rings (SSSR count). The first-order valence-corrected chi connectivity index (χ1v) is 4.84. The van der Waals surface area contributed by atoms with Gasteiger partial charge in [0.2, 0.25) is 5.78 Å². The summed E-state index contributed by atoms with van der Waals surface area (Å²) in [5.74, 6) is -0.395. The molecule has 3 heteroatoms. The van der Waals surface area contributed by atoms with Gasteiger partial charge in [-0.1, -0.05) is 30.3 Å². The SMILES string of the molecule is COC1=CC(=O)C(c2ccccc2)=CC1=O. The van der Waals surface area contributed by atoms with Gasteiger partial charge >= 0.3 is 0 Å². The Morgan fingerprint density at radius 1 is 0.938 bits per heavy atom. The van der Waals surface area contributed by atoms with E-state index in [4.69, 9.17) is 4.74 Å². The number of benzene rings is 1. The maximum Gasteiger partial charge on any atom is 0.221 e. The minimum atomic E-state index is -0.277. The van der Waals surface area contributed by atoms with Gasteiger partial charge < -0.3 is 4.74 Å². The third-order valence-electron chi connectivity index (χ3n) is 2.35. The number of hydrogen-bond acceptors (Lipinski definition) is 3. The van der Waals surface area contributed by atoms with E-state index in [9.17, 15) is 9.59 Å². The van der Waals surface area contributed by atoms with E-state index in [2.05, 4.69) is 0 Å². The number of methoxy groups -OCH3 is 1. The number of hydrogen-bond donors (Lipinski definition) is 0. The van der Waals surface area contributed by atoms with Crippen molar-refractivity contribution < 1.29 is 14.3 Å². The predicted molar refractivity (Wildman–Crippen MR) is 59.5 cm³/mol. The quantitative estimate of drug-likeness (QED) is 0.704. The normalized spacial score (nSPS) is 15.6. The molecule has 0 radical (unpaired) electrons. The number of rotatable bonds is 2. The van der Waals surface area contributed by atoms with Gasteiger partial charge in [0.1, 0.15) is 0 Å². The molecule has 1 aromatic carbocycles. The summed E-state index contributed by atoms with van der Waals surface area (Å²) in [5, 5.41) is 0. The molecule has 0 aromatic heterocycles. The van der Waals surface area contributed by atoms with Crippen LogP contribution in [-0.2, 0) is 14.3 Å². The highest BCUT2D eigenvalue weighted by molar-refractivity contribution is 6.34. The van der Waals surface area contributed by atoms with Crippen molar-refractivity contribution in [2.75, 3.05) is 7.11 Å². The molecule has 16 heavy (non-hydrogen) atoms. The molecule has 3 nitrogen and oxygen atoms in total. The van der Waals surface area contributed by atoms with Crippen LogP contribution in [-0.4, -0.2) is 18.7 Å². The molecule has 0 bridgehead atoms. The van der Waals surface area contributed by atoms with Crippen LogP contribution in [0.15, 0.2) is 48.2 Å². The number of allylic oxidation sites excluding steroid dienone is 3. The Morgan fingerprint density at radius 3 is 2.25 bits per heavy atom. The smallest absolute Gasteiger partial charge is 0.221 e. The molecular formula is C13H10O3. The molecule has 0 N–H and O–H groups in total. The van der Waals surface area contributed by atoms with E-state index in [1.165, 1.54) is 19.3 Å². The summed E-state index contributed by atoms with van der Waals surface area (Å²) in [6.45, 7) is 0. The third kappa shape index (κ3) is 1.80. The van der Waals surface area contributed by atoms with Crippen molar-refractivity contribution in [1.29, 1.82) is 0 Å². The van der Waals surface area contributed by atoms with Crippen LogP contribution < -0.4 is 0 Å². The Hall–Kier alpha value is -2.16. The van der Waals surface area contributed by atoms with E-state index in [0.29, 0.717) is 5.57 Å². The van der Waals surface area contributed by atoms with E-state index in [1.807, 2.05) is 18.2 Å². The van der Waals surface area contributed by atoms with Crippen molar-refractivity contribution in [2.24, 2.45) is 0 Å². The molecule has 1 aromatic rings. The second-order valence-electron chi connectivity index (χ2n) is 3.37. The Morgan fingerprint density at radius 2 is 1.62 bits per heavy atom. The summed E-state index contributed by atoms with van der Waals surface area (Å²) in [4.78, 5) is 23.3. The average molecular weight is 214 g/mol. The molecule has 0 unspecified atom stereocenters. The van der Waals surface area contributed by atoms with Crippen molar-refractivity contribution in [2.45, 2.75) is 0 Å². The topological polar surface area (TPSA) is 43.4 Å². The van der Waals surface area contributed by atoms with Crippen molar-refractivity contribution >= 4 is 17.1 Å². The van der Waals surface area contributed by atoms with E-state index >= 15 is 0 Å². The highest BCUT2D eigenvalue weighted by Crippen LogP contribution is 2.21. The van der Waals surface area contributed by atoms with Gasteiger partial charge in [-0.15, -0.1) is 0 Å². The summed E-state index contributed by atoms with van der Waals surface area (Å²) in [7, 11) is 1.37. The first kappa shape index (κ1) is 10.4. The number of ketones is 2. The molecule has 1 aliphatic rings. The van der Waals surface area contributed by atoms with Crippen LogP contribution in [0.2, 0.25) is 0 Å². The van der Waals surface area contributed by atoms with E-state index in [0.717, 1.165) is 5.56 Å². The summed E-state index contributed by atoms with van der Waals surface area (Å²) in [6.07, 6.45) is 2.54. The molecule has 0 heterocycles. The van der Waals surface area contributed by atoms with Crippen LogP contribution in [0.5, 0.6) is 0 Å². The molecule has 0 fully saturated rings. The highest BCUT2D eigenvalue weighted by Gasteiger charge is 2.21. The lowest BCUT2D eigenvalue weighted by Crippen LogP contribution is -2.13. The molecule has 0 saturated carbocycles. The molecule has 0 atom stereocenters. The van der Waals surface area contributed by atoms with E-state index in [1.54, 1.807) is 12.1 Å². The summed E-state index contributed by atoms with van der Waals surface area (Å²) >= 11 is 0. The largest absolute Gasteiger partial charge is 0.493 e. The van der Waals surface area contributed by atoms with Crippen LogP contribution in [0.3, 0.4) is 0 Å². The van der Waals surface area contributed by atoms with Crippen molar-refractivity contribution in [3.63, 3.8) is 0 Å². The zero-order valence-electron chi connectivity index (χ0n) is 8.77. The zero-order valence-corrected chi connectivity index (χ0v) is 8.77. The Kier molecular flexibility index (Phi) is 2.68. The Balaban J connectivity index is 2.40. The second kappa shape index (κ2) is 4.14.